The number of thiazole rings is 1. The highest BCUT2D eigenvalue weighted by Crippen LogP contribution is 2.27. The van der Waals surface area contributed by atoms with Gasteiger partial charge in [-0.05, 0) is 52.8 Å². The summed E-state index contributed by atoms with van der Waals surface area (Å²) in [5.74, 6) is 0.548. The third kappa shape index (κ3) is 3.61. The van der Waals surface area contributed by atoms with Crippen molar-refractivity contribution < 1.29 is 4.79 Å². The molecule has 0 saturated carbocycles. The first kappa shape index (κ1) is 16.1. The Balaban J connectivity index is 1.54. The number of rotatable bonds is 4. The fourth-order valence-electron chi connectivity index (χ4n) is 2.99. The van der Waals surface area contributed by atoms with E-state index in [1.807, 2.05) is 26.8 Å². The number of nitrogens with one attached hydrogen (secondary N) is 2. The topological polar surface area (TPSA) is 73.9 Å². The molecule has 1 aliphatic rings. The summed E-state index contributed by atoms with van der Waals surface area (Å²) >= 11 is 1.53. The third-order valence-corrected chi connectivity index (χ3v) is 5.67. The number of hydrogen-bond donors (Lipinski definition) is 2. The Bertz CT molecular complexity index is 639. The van der Waals surface area contributed by atoms with Crippen molar-refractivity contribution in [3.63, 3.8) is 0 Å². The van der Waals surface area contributed by atoms with E-state index in [4.69, 9.17) is 0 Å². The van der Waals surface area contributed by atoms with Gasteiger partial charge in [0, 0.05) is 22.7 Å². The smallest absolute Gasteiger partial charge is 0.243 e. The fourth-order valence-corrected chi connectivity index (χ4v) is 3.81. The Morgan fingerprint density at radius 3 is 2.74 bits per heavy atom. The van der Waals surface area contributed by atoms with Crippen LogP contribution in [0.15, 0.2) is 12.3 Å². The molecule has 6 nitrogen and oxygen atoms in total. The number of likely N-dealkylation sites (tertiary alicyclic amines) is 1. The normalized spacial score (nSPS) is 18.0. The second-order valence-corrected chi connectivity index (χ2v) is 7.35. The van der Waals surface area contributed by atoms with Crippen molar-refractivity contribution in [3.8, 4) is 0 Å². The fraction of sp³-hybridized carbons (Fsp3) is 0.562. The van der Waals surface area contributed by atoms with Crippen molar-refractivity contribution in [1.29, 1.82) is 0 Å². The molecule has 3 rings (SSSR count). The summed E-state index contributed by atoms with van der Waals surface area (Å²) in [6, 6.07) is 1.91. The molecule has 3 heterocycles. The second kappa shape index (κ2) is 6.80. The Hall–Kier alpha value is -1.73. The first-order valence-corrected chi connectivity index (χ1v) is 8.84. The van der Waals surface area contributed by atoms with E-state index in [0.717, 1.165) is 36.5 Å². The van der Waals surface area contributed by atoms with E-state index in [0.29, 0.717) is 11.0 Å². The molecule has 0 spiro atoms. The van der Waals surface area contributed by atoms with Crippen LogP contribution < -0.4 is 5.32 Å². The van der Waals surface area contributed by atoms with Gasteiger partial charge in [-0.15, -0.1) is 11.3 Å². The van der Waals surface area contributed by atoms with E-state index < -0.39 is 0 Å². The number of aromatic amines is 1. The quantitative estimate of drug-likeness (QED) is 0.902. The second-order valence-electron chi connectivity index (χ2n) is 6.15. The molecule has 1 atom stereocenters. The average Bonchev–Trinajstić information content (AvgIpc) is 3.17. The van der Waals surface area contributed by atoms with E-state index in [-0.39, 0.29) is 11.9 Å². The lowest BCUT2D eigenvalue weighted by Crippen LogP contribution is -2.45. The van der Waals surface area contributed by atoms with E-state index >= 15 is 0 Å². The van der Waals surface area contributed by atoms with Crippen LogP contribution in [-0.4, -0.2) is 45.1 Å². The van der Waals surface area contributed by atoms with E-state index in [9.17, 15) is 4.79 Å². The molecule has 1 aliphatic heterocycles. The number of nitrogens with zero attached hydrogens (tertiary/aromatic N) is 3. The summed E-state index contributed by atoms with van der Waals surface area (Å²) in [4.78, 5) is 20.2. The summed E-state index contributed by atoms with van der Waals surface area (Å²) in [5.41, 5.74) is 2.19. The molecule has 2 aromatic heterocycles. The lowest BCUT2D eigenvalue weighted by Gasteiger charge is -2.34. The number of aromatic nitrogens is 3. The number of hydrogen-bond acceptors (Lipinski definition) is 5. The number of carbonyl (C=O) groups is 1. The number of amides is 1. The molecule has 0 aliphatic carbocycles. The molecule has 1 saturated heterocycles. The van der Waals surface area contributed by atoms with E-state index in [1.165, 1.54) is 17.0 Å². The monoisotopic (exact) mass is 333 g/mol. The van der Waals surface area contributed by atoms with E-state index in [1.54, 1.807) is 6.20 Å². The molecule has 1 unspecified atom stereocenters. The zero-order chi connectivity index (χ0) is 16.4. The van der Waals surface area contributed by atoms with Crippen LogP contribution in [-0.2, 0) is 4.79 Å². The summed E-state index contributed by atoms with van der Waals surface area (Å²) in [7, 11) is 0. The van der Waals surface area contributed by atoms with Crippen molar-refractivity contribution in [2.75, 3.05) is 18.4 Å². The van der Waals surface area contributed by atoms with Crippen LogP contribution >= 0.6 is 11.3 Å². The first-order valence-electron chi connectivity index (χ1n) is 8.03. The summed E-state index contributed by atoms with van der Waals surface area (Å²) in [6.07, 6.45) is 3.90. The largest absolute Gasteiger partial charge is 0.301 e. The number of aryl methyl sites for hydroxylation is 2. The van der Waals surface area contributed by atoms with Crippen LogP contribution in [0, 0.1) is 13.8 Å². The van der Waals surface area contributed by atoms with Crippen LogP contribution in [0.25, 0.3) is 0 Å². The van der Waals surface area contributed by atoms with Gasteiger partial charge < -0.3 is 5.32 Å². The molecule has 1 fully saturated rings. The molecule has 0 aromatic carbocycles. The number of piperidine rings is 1. The van der Waals surface area contributed by atoms with Crippen LogP contribution in [0.4, 0.5) is 5.13 Å². The maximum atomic E-state index is 12.4. The van der Waals surface area contributed by atoms with Crippen LogP contribution in [0.2, 0.25) is 0 Å². The molecule has 2 N–H and O–H groups in total. The Morgan fingerprint density at radius 2 is 2.17 bits per heavy atom. The Labute approximate surface area is 140 Å². The van der Waals surface area contributed by atoms with Crippen molar-refractivity contribution in [3.05, 3.63) is 28.5 Å². The van der Waals surface area contributed by atoms with Crippen molar-refractivity contribution >= 4 is 22.4 Å². The van der Waals surface area contributed by atoms with Crippen LogP contribution in [0.1, 0.15) is 41.9 Å². The van der Waals surface area contributed by atoms with Crippen molar-refractivity contribution in [2.45, 2.75) is 45.6 Å². The summed E-state index contributed by atoms with van der Waals surface area (Å²) in [6.45, 7) is 7.80. The van der Waals surface area contributed by atoms with Crippen molar-refractivity contribution in [2.24, 2.45) is 0 Å². The van der Waals surface area contributed by atoms with Gasteiger partial charge in [0.1, 0.15) is 0 Å². The van der Waals surface area contributed by atoms with Gasteiger partial charge in [-0.25, -0.2) is 4.98 Å². The highest BCUT2D eigenvalue weighted by Gasteiger charge is 2.28. The van der Waals surface area contributed by atoms with Gasteiger partial charge in [0.25, 0.3) is 0 Å². The van der Waals surface area contributed by atoms with Crippen LogP contribution in [0.5, 0.6) is 0 Å². The highest BCUT2D eigenvalue weighted by atomic mass is 32.1. The third-order valence-electron chi connectivity index (χ3n) is 4.68. The van der Waals surface area contributed by atoms with Crippen molar-refractivity contribution in [1.82, 2.24) is 20.1 Å². The lowest BCUT2D eigenvalue weighted by molar-refractivity contribution is -0.121. The zero-order valence-electron chi connectivity index (χ0n) is 13.8. The van der Waals surface area contributed by atoms with Crippen LogP contribution in [0.3, 0.4) is 0 Å². The SMILES string of the molecule is Cc1nc(NC(=O)C(C)N2CCC(c3ccn[nH]3)CC2)sc1C. The number of anilines is 1. The average molecular weight is 333 g/mol. The standard InChI is InChI=1S/C16H23N5OS/c1-10-12(3)23-16(18-10)19-15(22)11(2)21-8-5-13(6-9-21)14-4-7-17-20-14/h4,7,11,13H,5-6,8-9H2,1-3H3,(H,17,20)(H,18,19,22). The summed E-state index contributed by atoms with van der Waals surface area (Å²) < 4.78 is 0. The van der Waals surface area contributed by atoms with Gasteiger partial charge in [0.2, 0.25) is 5.91 Å². The maximum absolute atomic E-state index is 12.4. The minimum Gasteiger partial charge on any atom is -0.301 e. The molecular weight excluding hydrogens is 310 g/mol. The molecule has 124 valence electrons. The molecule has 2 aromatic rings. The van der Waals surface area contributed by atoms with Gasteiger partial charge in [-0.1, -0.05) is 0 Å². The van der Waals surface area contributed by atoms with Gasteiger partial charge in [-0.3, -0.25) is 14.8 Å². The summed E-state index contributed by atoms with van der Waals surface area (Å²) in [5, 5.41) is 10.7. The Morgan fingerprint density at radius 1 is 1.43 bits per heavy atom. The molecule has 1 amide bonds. The molecule has 23 heavy (non-hydrogen) atoms. The number of H-pyrrole nitrogens is 1. The zero-order valence-corrected chi connectivity index (χ0v) is 14.6. The lowest BCUT2D eigenvalue weighted by atomic mass is 9.93. The van der Waals surface area contributed by atoms with Gasteiger partial charge in [0.15, 0.2) is 5.13 Å². The molecule has 0 bridgehead atoms. The Kier molecular flexibility index (Phi) is 4.77. The van der Waals surface area contributed by atoms with Gasteiger partial charge >= 0.3 is 0 Å². The predicted octanol–water partition coefficient (Wildman–Crippen LogP) is 2.69. The first-order chi connectivity index (χ1) is 11.0. The number of carbonyl (C=O) groups excluding carboxylic acids is 1. The molecule has 0 radical (unpaired) electrons. The van der Waals surface area contributed by atoms with E-state index in [2.05, 4.69) is 25.4 Å². The molecule has 7 heteroatoms. The van der Waals surface area contributed by atoms with Gasteiger partial charge in [-0.2, -0.15) is 5.10 Å². The molecular formula is C16H23N5OS. The minimum atomic E-state index is -0.137. The van der Waals surface area contributed by atoms with Gasteiger partial charge in [0.05, 0.1) is 11.7 Å². The maximum Gasteiger partial charge on any atom is 0.243 e. The minimum absolute atomic E-state index is 0.0266. The predicted molar refractivity (Wildman–Crippen MR) is 91.8 cm³/mol. The highest BCUT2D eigenvalue weighted by molar-refractivity contribution is 7.15.